The van der Waals surface area contributed by atoms with Crippen molar-refractivity contribution in [3.63, 3.8) is 0 Å². The van der Waals surface area contributed by atoms with Gasteiger partial charge < -0.3 is 5.11 Å². The van der Waals surface area contributed by atoms with E-state index in [0.717, 1.165) is 18.3 Å². The standard InChI is InChI=1S/C20H24N2O/c1-20-8-7-16-15-6-4-14(23)9-12(15)3-5-17(16)18(20)10-13-11-22(2)21-19(13)20/h4,6,9,11,16-18,23H,3,5,7-8,10H2,1-2H3/t16-,17-,18+,20+/m1/s1. The number of nitrogens with zero attached hydrogens (tertiary/aromatic N) is 2. The fourth-order valence-electron chi connectivity index (χ4n) is 5.96. The fraction of sp³-hybridized carbons (Fsp3) is 0.550. The minimum absolute atomic E-state index is 0.270. The quantitative estimate of drug-likeness (QED) is 0.806. The summed E-state index contributed by atoms with van der Waals surface area (Å²) < 4.78 is 2.00. The van der Waals surface area contributed by atoms with Crippen LogP contribution in [-0.4, -0.2) is 14.9 Å². The molecule has 3 aliphatic carbocycles. The maximum absolute atomic E-state index is 9.78. The molecular formula is C20H24N2O. The van der Waals surface area contributed by atoms with Crippen molar-refractivity contribution in [1.82, 2.24) is 9.78 Å². The van der Waals surface area contributed by atoms with Crippen molar-refractivity contribution in [1.29, 1.82) is 0 Å². The Hall–Kier alpha value is -1.77. The van der Waals surface area contributed by atoms with Crippen LogP contribution in [0.15, 0.2) is 24.4 Å². The van der Waals surface area contributed by atoms with Crippen molar-refractivity contribution >= 4 is 0 Å². The fourth-order valence-corrected chi connectivity index (χ4v) is 5.96. The summed E-state index contributed by atoms with van der Waals surface area (Å²) in [7, 11) is 2.05. The molecule has 0 spiro atoms. The summed E-state index contributed by atoms with van der Waals surface area (Å²) in [5, 5.41) is 14.6. The van der Waals surface area contributed by atoms with E-state index >= 15 is 0 Å². The first-order valence-electron chi connectivity index (χ1n) is 8.91. The molecule has 0 aliphatic heterocycles. The second-order valence-corrected chi connectivity index (χ2v) is 8.14. The first-order valence-corrected chi connectivity index (χ1v) is 8.91. The lowest BCUT2D eigenvalue weighted by Crippen LogP contribution is -2.43. The molecule has 4 atom stereocenters. The minimum Gasteiger partial charge on any atom is -0.508 e. The summed E-state index contributed by atoms with van der Waals surface area (Å²) in [5.74, 6) is 2.60. The van der Waals surface area contributed by atoms with Gasteiger partial charge in [-0.15, -0.1) is 0 Å². The first kappa shape index (κ1) is 13.6. The summed E-state index contributed by atoms with van der Waals surface area (Å²) in [6, 6.07) is 6.05. The van der Waals surface area contributed by atoms with Crippen LogP contribution in [-0.2, 0) is 25.3 Å². The van der Waals surface area contributed by atoms with E-state index in [1.54, 1.807) is 0 Å². The molecule has 1 aromatic heterocycles. The number of fused-ring (bicyclic) bond motifs is 7. The van der Waals surface area contributed by atoms with Crippen molar-refractivity contribution in [3.05, 3.63) is 46.8 Å². The summed E-state index contributed by atoms with van der Waals surface area (Å²) in [4.78, 5) is 0. The molecule has 23 heavy (non-hydrogen) atoms. The lowest BCUT2D eigenvalue weighted by Gasteiger charge is -2.49. The van der Waals surface area contributed by atoms with E-state index in [4.69, 9.17) is 5.10 Å². The van der Waals surface area contributed by atoms with Crippen LogP contribution in [0.1, 0.15) is 54.5 Å². The van der Waals surface area contributed by atoms with Crippen LogP contribution in [0, 0.1) is 11.8 Å². The second-order valence-electron chi connectivity index (χ2n) is 8.14. The average Bonchev–Trinajstić information content (AvgIpc) is 3.02. The predicted molar refractivity (Wildman–Crippen MR) is 89.6 cm³/mol. The Bertz CT molecular complexity index is 793. The summed E-state index contributed by atoms with van der Waals surface area (Å²) in [6.45, 7) is 2.46. The van der Waals surface area contributed by atoms with Crippen molar-refractivity contribution < 1.29 is 5.11 Å². The number of aryl methyl sites for hydroxylation is 2. The molecule has 5 rings (SSSR count). The molecule has 0 bridgehead atoms. The van der Waals surface area contributed by atoms with E-state index in [0.29, 0.717) is 11.7 Å². The summed E-state index contributed by atoms with van der Waals surface area (Å²) in [6.07, 6.45) is 8.31. The third kappa shape index (κ3) is 1.74. The van der Waals surface area contributed by atoms with E-state index in [1.165, 1.54) is 48.1 Å². The molecule has 1 saturated carbocycles. The summed E-state index contributed by atoms with van der Waals surface area (Å²) in [5.41, 5.74) is 6.01. The zero-order chi connectivity index (χ0) is 15.8. The Morgan fingerprint density at radius 1 is 1.26 bits per heavy atom. The molecule has 0 saturated heterocycles. The number of rotatable bonds is 0. The lowest BCUT2D eigenvalue weighted by molar-refractivity contribution is 0.102. The van der Waals surface area contributed by atoms with Crippen LogP contribution in [0.2, 0.25) is 0 Å². The van der Waals surface area contributed by atoms with Crippen LogP contribution in [0.4, 0.5) is 0 Å². The third-order valence-electron chi connectivity index (χ3n) is 6.99. The number of hydrogen-bond acceptors (Lipinski definition) is 2. The van der Waals surface area contributed by atoms with E-state index in [-0.39, 0.29) is 5.41 Å². The lowest BCUT2D eigenvalue weighted by atomic mass is 9.55. The first-order chi connectivity index (χ1) is 11.1. The molecule has 120 valence electrons. The number of hydrogen-bond donors (Lipinski definition) is 1. The van der Waals surface area contributed by atoms with Crippen LogP contribution in [0.5, 0.6) is 5.75 Å². The van der Waals surface area contributed by atoms with Crippen molar-refractivity contribution in [2.75, 3.05) is 0 Å². The van der Waals surface area contributed by atoms with Crippen LogP contribution in [0.25, 0.3) is 0 Å². The Labute approximate surface area is 137 Å². The monoisotopic (exact) mass is 308 g/mol. The smallest absolute Gasteiger partial charge is 0.115 e. The second kappa shape index (κ2) is 4.40. The summed E-state index contributed by atoms with van der Waals surface area (Å²) >= 11 is 0. The number of phenols is 1. The number of phenolic OH excluding ortho intramolecular Hbond substituents is 1. The predicted octanol–water partition coefficient (Wildman–Crippen LogP) is 3.70. The molecule has 0 amide bonds. The molecule has 3 nitrogen and oxygen atoms in total. The van der Waals surface area contributed by atoms with Gasteiger partial charge in [0.15, 0.2) is 0 Å². The van der Waals surface area contributed by atoms with Crippen molar-refractivity contribution in [2.45, 2.75) is 50.4 Å². The van der Waals surface area contributed by atoms with Gasteiger partial charge in [0, 0.05) is 18.7 Å². The van der Waals surface area contributed by atoms with Gasteiger partial charge in [0.2, 0.25) is 0 Å². The Balaban J connectivity index is 1.55. The van der Waals surface area contributed by atoms with Gasteiger partial charge in [0.05, 0.1) is 5.69 Å². The molecule has 2 aromatic rings. The van der Waals surface area contributed by atoms with Crippen LogP contribution >= 0.6 is 0 Å². The van der Waals surface area contributed by atoms with Gasteiger partial charge in [-0.3, -0.25) is 4.68 Å². The van der Waals surface area contributed by atoms with Crippen molar-refractivity contribution in [3.8, 4) is 5.75 Å². The highest BCUT2D eigenvalue weighted by molar-refractivity contribution is 5.42. The molecule has 3 heteroatoms. The number of benzene rings is 1. The SMILES string of the molecule is Cn1cc2c(n1)[C@@]1(C)CC[C@@H]3c4ccc(O)cc4CC[C@H]3[C@@H]1C2. The van der Waals surface area contributed by atoms with E-state index in [9.17, 15) is 5.11 Å². The largest absolute Gasteiger partial charge is 0.508 e. The highest BCUT2D eigenvalue weighted by Gasteiger charge is 2.54. The molecule has 1 fully saturated rings. The van der Waals surface area contributed by atoms with Crippen LogP contribution in [0.3, 0.4) is 0 Å². The Morgan fingerprint density at radius 2 is 2.13 bits per heavy atom. The molecule has 3 aliphatic rings. The normalized spacial score (nSPS) is 34.4. The van der Waals surface area contributed by atoms with Gasteiger partial charge in [0.25, 0.3) is 0 Å². The third-order valence-corrected chi connectivity index (χ3v) is 6.99. The van der Waals surface area contributed by atoms with Gasteiger partial charge in [-0.25, -0.2) is 0 Å². The highest BCUT2D eigenvalue weighted by Crippen LogP contribution is 2.59. The van der Waals surface area contributed by atoms with Gasteiger partial charge >= 0.3 is 0 Å². The van der Waals surface area contributed by atoms with Gasteiger partial charge in [-0.1, -0.05) is 13.0 Å². The molecule has 0 radical (unpaired) electrons. The maximum Gasteiger partial charge on any atom is 0.115 e. The molecule has 1 N–H and O–H groups in total. The molecule has 1 heterocycles. The molecular weight excluding hydrogens is 284 g/mol. The Kier molecular flexibility index (Phi) is 2.61. The minimum atomic E-state index is 0.270. The van der Waals surface area contributed by atoms with E-state index in [2.05, 4.69) is 19.2 Å². The van der Waals surface area contributed by atoms with E-state index in [1.807, 2.05) is 23.9 Å². The van der Waals surface area contributed by atoms with Gasteiger partial charge in [-0.2, -0.15) is 5.10 Å². The Morgan fingerprint density at radius 3 is 3.00 bits per heavy atom. The molecule has 1 aromatic carbocycles. The number of aromatic nitrogens is 2. The zero-order valence-electron chi connectivity index (χ0n) is 13.9. The molecule has 0 unspecified atom stereocenters. The van der Waals surface area contributed by atoms with Gasteiger partial charge in [-0.05, 0) is 78.7 Å². The van der Waals surface area contributed by atoms with Crippen LogP contribution < -0.4 is 0 Å². The highest BCUT2D eigenvalue weighted by atomic mass is 16.3. The van der Waals surface area contributed by atoms with Crippen molar-refractivity contribution in [2.24, 2.45) is 18.9 Å². The average molecular weight is 308 g/mol. The van der Waals surface area contributed by atoms with Gasteiger partial charge in [0.1, 0.15) is 5.75 Å². The topological polar surface area (TPSA) is 38.0 Å². The number of aromatic hydroxyl groups is 1. The zero-order valence-corrected chi connectivity index (χ0v) is 13.9. The maximum atomic E-state index is 9.78. The van der Waals surface area contributed by atoms with E-state index < -0.39 is 0 Å².